The van der Waals surface area contributed by atoms with Crippen molar-refractivity contribution < 1.29 is 0 Å². The molecule has 17 aromatic carbocycles. The monoisotopic (exact) mass is 1660 g/mol. The number of aromatic nitrogens is 5. The molecule has 2 aliphatic rings. The number of nitrogens with zero attached hydrogens (tertiary/aromatic N) is 6. The van der Waals surface area contributed by atoms with Crippen molar-refractivity contribution in [2.45, 2.75) is 108 Å². The van der Waals surface area contributed by atoms with E-state index in [0.29, 0.717) is 5.92 Å². The molecule has 1 aliphatic carbocycles. The summed E-state index contributed by atoms with van der Waals surface area (Å²) >= 11 is 0. The first-order valence-electron chi connectivity index (χ1n) is 46.6. The van der Waals surface area contributed by atoms with Crippen molar-refractivity contribution in [2.24, 2.45) is 0 Å². The van der Waals surface area contributed by atoms with Crippen LogP contribution in [0.25, 0.3) is 171 Å². The summed E-state index contributed by atoms with van der Waals surface area (Å²) in [6.07, 6.45) is 18.8. The minimum atomic E-state index is -0.0406. The van der Waals surface area contributed by atoms with E-state index in [1.807, 2.05) is 0 Å². The lowest BCUT2D eigenvalue weighted by molar-refractivity contribution is 0.387. The van der Waals surface area contributed by atoms with Gasteiger partial charge in [-0.25, -0.2) is 0 Å². The van der Waals surface area contributed by atoms with Crippen molar-refractivity contribution in [3.63, 3.8) is 0 Å². The predicted octanol–water partition coefficient (Wildman–Crippen LogP) is 32.7. The second-order valence-corrected chi connectivity index (χ2v) is 36.9. The summed E-state index contributed by atoms with van der Waals surface area (Å²) in [5, 5.41) is 12.9. The van der Waals surface area contributed by atoms with E-state index in [1.165, 1.54) is 194 Å². The number of fused-ring (bicyclic) bond motifs is 18. The SMILES string of the molecule is CCCCC(C)(CCc1ccc2c(c1)c1ccccc1n2-c1ccc(-c2ccc(-n3c4ccccc4c4cc(C(C)(CCC)CCc5ccc6c(c5)c5ccccc5n6-c5ccc(-c6ccc(N7c8ccccc8C8C=CC=CC87)cc6)cc5)ccc43)cc2)cc1)c1ccc2c(c1)c1ccccc1n2-c1ccc(-c2ccc(-n3c4ccccc4c4ccccc43)cc2)cc1. The van der Waals surface area contributed by atoms with Crippen molar-refractivity contribution in [1.82, 2.24) is 22.8 Å². The Kier molecular flexibility index (Phi) is 19.0. The molecule has 5 aromatic heterocycles. The van der Waals surface area contributed by atoms with Gasteiger partial charge in [0.2, 0.25) is 0 Å². The van der Waals surface area contributed by atoms with Gasteiger partial charge in [-0.3, -0.25) is 0 Å². The number of aryl methyl sites for hydroxylation is 2. The van der Waals surface area contributed by atoms with Gasteiger partial charge in [0.1, 0.15) is 0 Å². The van der Waals surface area contributed by atoms with Crippen LogP contribution >= 0.6 is 0 Å². The third-order valence-electron chi connectivity index (χ3n) is 29.3. The quantitative estimate of drug-likeness (QED) is 0.0665. The molecule has 0 bridgehead atoms. The Bertz CT molecular complexity index is 8130. The highest BCUT2D eigenvalue weighted by molar-refractivity contribution is 6.14. The van der Waals surface area contributed by atoms with E-state index in [1.54, 1.807) is 0 Å². The van der Waals surface area contributed by atoms with Crippen LogP contribution in [-0.4, -0.2) is 28.9 Å². The highest BCUT2D eigenvalue weighted by atomic mass is 15.2. The first kappa shape index (κ1) is 77.6. The molecule has 129 heavy (non-hydrogen) atoms. The number of benzene rings is 17. The molecule has 4 atom stereocenters. The summed E-state index contributed by atoms with van der Waals surface area (Å²) in [5.74, 6) is 0.366. The summed E-state index contributed by atoms with van der Waals surface area (Å²) in [5.41, 5.74) is 34.7. The molecule has 0 fully saturated rings. The zero-order valence-electron chi connectivity index (χ0n) is 73.5. The van der Waals surface area contributed by atoms with Crippen LogP contribution in [0.1, 0.15) is 106 Å². The summed E-state index contributed by atoms with van der Waals surface area (Å²) in [4.78, 5) is 2.50. The van der Waals surface area contributed by atoms with Crippen LogP contribution in [0.15, 0.2) is 413 Å². The molecule has 4 unspecified atom stereocenters. The minimum absolute atomic E-state index is 0.0373. The van der Waals surface area contributed by atoms with E-state index in [0.717, 1.165) is 74.1 Å². The molecule has 6 heteroatoms. The third-order valence-corrected chi connectivity index (χ3v) is 29.3. The number of hydrogen-bond acceptors (Lipinski definition) is 1. The summed E-state index contributed by atoms with van der Waals surface area (Å²) < 4.78 is 12.2. The number of hydrogen-bond donors (Lipinski definition) is 0. The van der Waals surface area contributed by atoms with Gasteiger partial charge in [0, 0.05) is 99.6 Å². The van der Waals surface area contributed by atoms with E-state index < -0.39 is 0 Å². The van der Waals surface area contributed by atoms with Gasteiger partial charge in [-0.05, 0) is 274 Å². The lowest BCUT2D eigenvalue weighted by atomic mass is 9.74. The van der Waals surface area contributed by atoms with Gasteiger partial charge >= 0.3 is 0 Å². The van der Waals surface area contributed by atoms with Gasteiger partial charge in [0.05, 0.1) is 61.2 Å². The standard InChI is InChI=1S/C123H100N6/c1-5-7-75-123(4,91-55-71-121-109(81-91)105-31-15-23-39-117(105)129(121)97-66-50-88(51-67-97)85-44-58-93(59-45-85)125-112-34-18-10-26-100(112)101-27-11-19-35-113(101)125)77-73-83-41-69-119-107(79-83)103-29-13-21-37-115(103)127(119)95-62-48-87(49-63-95)89-52-64-96(65-53-89)128-116-38-22-14-30-104(116)108-80-90(54-70-120(108)128)122(3,74-6-2)76-72-82-40-68-118-106(78-82)102-28-12-20-36-114(102)126(118)94-60-46-86(47-61-94)84-42-56-92(57-43-84)124-110-32-16-8-24-98(110)99-25-9-17-33-111(99)124/h8-71,78-81,98,110H,5-7,72-77H2,1-4H3. The molecule has 0 amide bonds. The van der Waals surface area contributed by atoms with E-state index >= 15 is 0 Å². The number of unbranched alkanes of at least 4 members (excludes halogenated alkanes) is 1. The molecule has 24 rings (SSSR count). The first-order chi connectivity index (χ1) is 63.6. The zero-order valence-corrected chi connectivity index (χ0v) is 73.5. The second-order valence-electron chi connectivity index (χ2n) is 36.9. The molecule has 0 spiro atoms. The van der Waals surface area contributed by atoms with Gasteiger partial charge in [-0.15, -0.1) is 0 Å². The Hall–Kier alpha value is -15.0. The van der Waals surface area contributed by atoms with Crippen LogP contribution in [0.3, 0.4) is 0 Å². The maximum atomic E-state index is 2.54. The smallest absolute Gasteiger partial charge is 0.0629 e. The van der Waals surface area contributed by atoms with Crippen LogP contribution in [0, 0.1) is 0 Å². The van der Waals surface area contributed by atoms with Crippen LogP contribution in [0.5, 0.6) is 0 Å². The van der Waals surface area contributed by atoms with Crippen LogP contribution in [-0.2, 0) is 23.7 Å². The highest BCUT2D eigenvalue weighted by Crippen LogP contribution is 2.50. The number of anilines is 2. The van der Waals surface area contributed by atoms with Gasteiger partial charge in [-0.2, -0.15) is 0 Å². The van der Waals surface area contributed by atoms with Crippen molar-refractivity contribution in [2.75, 3.05) is 4.90 Å². The maximum absolute atomic E-state index is 2.54. The van der Waals surface area contributed by atoms with Crippen LogP contribution in [0.4, 0.5) is 11.4 Å². The molecule has 0 saturated heterocycles. The van der Waals surface area contributed by atoms with Crippen LogP contribution in [0.2, 0.25) is 0 Å². The molecule has 622 valence electrons. The average Bonchev–Trinajstić information content (AvgIpc) is 1.64. The lowest BCUT2D eigenvalue weighted by Gasteiger charge is -2.31. The average molecular weight is 1660 g/mol. The fourth-order valence-corrected chi connectivity index (χ4v) is 22.6. The summed E-state index contributed by atoms with van der Waals surface area (Å²) in [6.45, 7) is 9.72. The molecular weight excluding hydrogens is 1560 g/mol. The van der Waals surface area contributed by atoms with E-state index in [4.69, 9.17) is 0 Å². The number of allylic oxidation sites excluding steroid dienone is 2. The second kappa shape index (κ2) is 31.5. The van der Waals surface area contributed by atoms with Crippen molar-refractivity contribution in [3.05, 3.63) is 440 Å². The van der Waals surface area contributed by atoms with E-state index in [-0.39, 0.29) is 16.9 Å². The molecule has 6 heterocycles. The van der Waals surface area contributed by atoms with E-state index in [2.05, 4.69) is 468 Å². The fraction of sp³-hybridized carbons (Fsp3) is 0.138. The van der Waals surface area contributed by atoms with Crippen molar-refractivity contribution in [1.29, 1.82) is 0 Å². The predicted molar refractivity (Wildman–Crippen MR) is 546 cm³/mol. The Morgan fingerprint density at radius 1 is 0.240 bits per heavy atom. The summed E-state index contributed by atoms with van der Waals surface area (Å²) in [6, 6.07) is 147. The minimum Gasteiger partial charge on any atom is -0.333 e. The molecule has 22 aromatic rings. The van der Waals surface area contributed by atoms with Gasteiger partial charge in [0.25, 0.3) is 0 Å². The Morgan fingerprint density at radius 2 is 0.527 bits per heavy atom. The first-order valence-corrected chi connectivity index (χ1v) is 46.6. The van der Waals surface area contributed by atoms with Crippen molar-refractivity contribution in [3.8, 4) is 61.8 Å². The Labute approximate surface area is 753 Å². The largest absolute Gasteiger partial charge is 0.333 e. The normalized spacial score (nSPS) is 14.8. The number of rotatable bonds is 22. The molecule has 1 aliphatic heterocycles. The topological polar surface area (TPSA) is 27.9 Å². The van der Waals surface area contributed by atoms with Crippen LogP contribution < -0.4 is 4.90 Å². The Morgan fingerprint density at radius 3 is 0.876 bits per heavy atom. The molecule has 0 radical (unpaired) electrons. The van der Waals surface area contributed by atoms with Crippen molar-refractivity contribution >= 4 is 120 Å². The zero-order chi connectivity index (χ0) is 86.0. The Balaban J connectivity index is 0.460. The highest BCUT2D eigenvalue weighted by Gasteiger charge is 2.38. The summed E-state index contributed by atoms with van der Waals surface area (Å²) in [7, 11) is 0. The van der Waals surface area contributed by atoms with Gasteiger partial charge in [0.15, 0.2) is 0 Å². The van der Waals surface area contributed by atoms with Gasteiger partial charge < -0.3 is 27.7 Å². The third kappa shape index (κ3) is 13.1. The molecule has 6 nitrogen and oxygen atoms in total. The van der Waals surface area contributed by atoms with Gasteiger partial charge in [-0.1, -0.05) is 296 Å². The van der Waals surface area contributed by atoms with E-state index in [9.17, 15) is 0 Å². The fourth-order valence-electron chi connectivity index (χ4n) is 22.6. The molecular formula is C123H100N6. The molecule has 0 saturated carbocycles. The number of para-hydroxylation sites is 7. The lowest BCUT2D eigenvalue weighted by Crippen LogP contribution is -2.28. The maximum Gasteiger partial charge on any atom is 0.0629 e. The molecule has 0 N–H and O–H groups in total.